The van der Waals surface area contributed by atoms with E-state index in [1.54, 1.807) is 6.20 Å². The molecule has 1 aromatic rings. The Morgan fingerprint density at radius 1 is 1.43 bits per heavy atom. The van der Waals surface area contributed by atoms with Crippen LogP contribution in [0.25, 0.3) is 0 Å². The standard InChI is InChI=1S/C16H24N4O/c1-3-17-15-9-12(2)18-10-14(15)16(21)20-8-7-19-6-4-5-13(19)11-20/h9-10,13H,3-8,11H2,1-2H3,(H,17,18). The van der Waals surface area contributed by atoms with Gasteiger partial charge in [-0.25, -0.2) is 0 Å². The van der Waals surface area contributed by atoms with Gasteiger partial charge in [-0.3, -0.25) is 14.7 Å². The Bertz CT molecular complexity index is 531. The maximum absolute atomic E-state index is 12.8. The highest BCUT2D eigenvalue weighted by atomic mass is 16.2. The highest BCUT2D eigenvalue weighted by molar-refractivity contribution is 5.99. The van der Waals surface area contributed by atoms with Gasteiger partial charge in [0.05, 0.1) is 11.3 Å². The molecule has 1 atom stereocenters. The fraction of sp³-hybridized carbons (Fsp3) is 0.625. The number of carbonyl (C=O) groups is 1. The number of fused-ring (bicyclic) bond motifs is 1. The number of carbonyl (C=O) groups excluding carboxylic acids is 1. The number of anilines is 1. The van der Waals surface area contributed by atoms with E-state index >= 15 is 0 Å². The lowest BCUT2D eigenvalue weighted by Crippen LogP contribution is -2.52. The van der Waals surface area contributed by atoms with Crippen LogP contribution in [0.15, 0.2) is 12.3 Å². The molecule has 0 spiro atoms. The smallest absolute Gasteiger partial charge is 0.257 e. The van der Waals surface area contributed by atoms with Gasteiger partial charge < -0.3 is 10.2 Å². The molecule has 5 nitrogen and oxygen atoms in total. The quantitative estimate of drug-likeness (QED) is 0.920. The summed E-state index contributed by atoms with van der Waals surface area (Å²) in [6, 6.07) is 2.52. The molecule has 1 aromatic heterocycles. The van der Waals surface area contributed by atoms with Crippen molar-refractivity contribution in [2.45, 2.75) is 32.7 Å². The van der Waals surface area contributed by atoms with Crippen LogP contribution >= 0.6 is 0 Å². The van der Waals surface area contributed by atoms with E-state index < -0.39 is 0 Å². The molecule has 1 unspecified atom stereocenters. The SMILES string of the molecule is CCNc1cc(C)ncc1C(=O)N1CCN2CCCC2C1. The summed E-state index contributed by atoms with van der Waals surface area (Å²) in [5, 5.41) is 3.29. The number of nitrogens with one attached hydrogen (secondary N) is 1. The summed E-state index contributed by atoms with van der Waals surface area (Å²) in [6.45, 7) is 8.69. The summed E-state index contributed by atoms with van der Waals surface area (Å²) >= 11 is 0. The highest BCUT2D eigenvalue weighted by Crippen LogP contribution is 2.24. The van der Waals surface area contributed by atoms with E-state index in [9.17, 15) is 4.79 Å². The van der Waals surface area contributed by atoms with Gasteiger partial charge in [0, 0.05) is 44.1 Å². The van der Waals surface area contributed by atoms with E-state index in [1.807, 2.05) is 24.8 Å². The molecule has 114 valence electrons. The molecule has 2 saturated heterocycles. The summed E-state index contributed by atoms with van der Waals surface area (Å²) in [7, 11) is 0. The van der Waals surface area contributed by atoms with Crippen molar-refractivity contribution < 1.29 is 4.79 Å². The highest BCUT2D eigenvalue weighted by Gasteiger charge is 2.33. The third-order valence-corrected chi connectivity index (χ3v) is 4.51. The molecule has 2 fully saturated rings. The Labute approximate surface area is 126 Å². The van der Waals surface area contributed by atoms with Crippen molar-refractivity contribution in [2.24, 2.45) is 0 Å². The fourth-order valence-electron chi connectivity index (χ4n) is 3.41. The molecule has 3 rings (SSSR count). The average Bonchev–Trinajstić information content (AvgIpc) is 2.94. The Morgan fingerprint density at radius 2 is 2.29 bits per heavy atom. The van der Waals surface area contributed by atoms with Gasteiger partial charge in [0.25, 0.3) is 5.91 Å². The first-order chi connectivity index (χ1) is 10.2. The van der Waals surface area contributed by atoms with Gasteiger partial charge in [-0.05, 0) is 39.3 Å². The molecule has 1 N–H and O–H groups in total. The number of aryl methyl sites for hydroxylation is 1. The second-order valence-corrected chi connectivity index (χ2v) is 5.98. The number of pyridine rings is 1. The van der Waals surface area contributed by atoms with Gasteiger partial charge in [-0.2, -0.15) is 0 Å². The molecular weight excluding hydrogens is 264 g/mol. The Kier molecular flexibility index (Phi) is 4.10. The van der Waals surface area contributed by atoms with E-state index in [2.05, 4.69) is 15.2 Å². The molecule has 21 heavy (non-hydrogen) atoms. The minimum atomic E-state index is 0.116. The molecule has 2 aliphatic heterocycles. The van der Waals surface area contributed by atoms with E-state index in [0.717, 1.165) is 37.6 Å². The van der Waals surface area contributed by atoms with E-state index in [1.165, 1.54) is 19.4 Å². The lowest BCUT2D eigenvalue weighted by Gasteiger charge is -2.37. The third-order valence-electron chi connectivity index (χ3n) is 4.51. The maximum atomic E-state index is 12.8. The minimum absolute atomic E-state index is 0.116. The van der Waals surface area contributed by atoms with Crippen LogP contribution in [-0.4, -0.2) is 59.5 Å². The summed E-state index contributed by atoms with van der Waals surface area (Å²) in [4.78, 5) is 21.6. The van der Waals surface area contributed by atoms with Gasteiger partial charge >= 0.3 is 0 Å². The first kappa shape index (κ1) is 14.3. The number of nitrogens with zero attached hydrogens (tertiary/aromatic N) is 3. The predicted molar refractivity (Wildman–Crippen MR) is 83.6 cm³/mol. The van der Waals surface area contributed by atoms with Crippen molar-refractivity contribution in [3.63, 3.8) is 0 Å². The van der Waals surface area contributed by atoms with Gasteiger partial charge in [0.1, 0.15) is 0 Å². The molecule has 0 bridgehead atoms. The number of rotatable bonds is 3. The first-order valence-corrected chi connectivity index (χ1v) is 7.93. The zero-order valence-electron chi connectivity index (χ0n) is 12.9. The third kappa shape index (κ3) is 2.88. The minimum Gasteiger partial charge on any atom is -0.385 e. The van der Waals surface area contributed by atoms with Crippen molar-refractivity contribution in [1.29, 1.82) is 0 Å². The second kappa shape index (κ2) is 6.02. The Balaban J connectivity index is 1.78. The van der Waals surface area contributed by atoms with E-state index in [0.29, 0.717) is 11.6 Å². The summed E-state index contributed by atoms with van der Waals surface area (Å²) in [6.07, 6.45) is 4.20. The van der Waals surface area contributed by atoms with E-state index in [4.69, 9.17) is 0 Å². The zero-order chi connectivity index (χ0) is 14.8. The van der Waals surface area contributed by atoms with Crippen LogP contribution in [0.3, 0.4) is 0 Å². The van der Waals surface area contributed by atoms with Gasteiger partial charge in [0.2, 0.25) is 0 Å². The summed E-state index contributed by atoms with van der Waals surface area (Å²) < 4.78 is 0. The van der Waals surface area contributed by atoms with Crippen LogP contribution in [0.1, 0.15) is 35.8 Å². The van der Waals surface area contributed by atoms with Crippen molar-refractivity contribution >= 4 is 11.6 Å². The number of amides is 1. The Morgan fingerprint density at radius 3 is 3.10 bits per heavy atom. The topological polar surface area (TPSA) is 48.5 Å². The van der Waals surface area contributed by atoms with Gasteiger partial charge in [-0.1, -0.05) is 0 Å². The van der Waals surface area contributed by atoms with Crippen LogP contribution in [0, 0.1) is 6.92 Å². The van der Waals surface area contributed by atoms with Crippen LogP contribution in [0.2, 0.25) is 0 Å². The van der Waals surface area contributed by atoms with Gasteiger partial charge in [0.15, 0.2) is 0 Å². The van der Waals surface area contributed by atoms with Crippen molar-refractivity contribution in [3.8, 4) is 0 Å². The number of aromatic nitrogens is 1. The zero-order valence-corrected chi connectivity index (χ0v) is 12.9. The maximum Gasteiger partial charge on any atom is 0.257 e. The number of hydrogen-bond donors (Lipinski definition) is 1. The molecular formula is C16H24N4O. The molecule has 2 aliphatic rings. The van der Waals surface area contributed by atoms with Crippen LogP contribution < -0.4 is 5.32 Å². The van der Waals surface area contributed by atoms with Crippen LogP contribution in [0.4, 0.5) is 5.69 Å². The molecule has 3 heterocycles. The monoisotopic (exact) mass is 288 g/mol. The van der Waals surface area contributed by atoms with E-state index in [-0.39, 0.29) is 5.91 Å². The van der Waals surface area contributed by atoms with Crippen molar-refractivity contribution in [3.05, 3.63) is 23.5 Å². The average molecular weight is 288 g/mol. The molecule has 0 aliphatic carbocycles. The Hall–Kier alpha value is -1.62. The molecule has 1 amide bonds. The van der Waals surface area contributed by atoms with Crippen LogP contribution in [0.5, 0.6) is 0 Å². The van der Waals surface area contributed by atoms with Crippen molar-refractivity contribution in [2.75, 3.05) is 38.0 Å². The molecule has 0 saturated carbocycles. The lowest BCUT2D eigenvalue weighted by atomic mass is 10.1. The lowest BCUT2D eigenvalue weighted by molar-refractivity contribution is 0.0572. The number of hydrogen-bond acceptors (Lipinski definition) is 4. The van der Waals surface area contributed by atoms with Crippen LogP contribution in [-0.2, 0) is 0 Å². The second-order valence-electron chi connectivity index (χ2n) is 5.98. The largest absolute Gasteiger partial charge is 0.385 e. The summed E-state index contributed by atoms with van der Waals surface area (Å²) in [5.74, 6) is 0.116. The number of piperazine rings is 1. The fourth-order valence-corrected chi connectivity index (χ4v) is 3.41. The predicted octanol–water partition coefficient (Wildman–Crippen LogP) is 1.74. The van der Waals surface area contributed by atoms with Gasteiger partial charge in [-0.15, -0.1) is 0 Å². The van der Waals surface area contributed by atoms with Crippen molar-refractivity contribution in [1.82, 2.24) is 14.8 Å². The molecule has 0 radical (unpaired) electrons. The molecule has 5 heteroatoms. The molecule has 0 aromatic carbocycles. The first-order valence-electron chi connectivity index (χ1n) is 7.93. The normalized spacial score (nSPS) is 22.2. The summed E-state index contributed by atoms with van der Waals surface area (Å²) in [5.41, 5.74) is 2.54.